The van der Waals surface area contributed by atoms with Gasteiger partial charge in [0.15, 0.2) is 0 Å². The summed E-state index contributed by atoms with van der Waals surface area (Å²) >= 11 is 0. The zero-order chi connectivity index (χ0) is 13.4. The summed E-state index contributed by atoms with van der Waals surface area (Å²) in [4.78, 5) is 0. The first-order valence-electron chi connectivity index (χ1n) is 6.35. The van der Waals surface area contributed by atoms with E-state index in [0.717, 1.165) is 5.56 Å². The van der Waals surface area contributed by atoms with Crippen LogP contribution in [0.1, 0.15) is 32.8 Å². The number of hydrogen-bond acceptors (Lipinski definition) is 2. The monoisotopic (exact) mass is 247 g/mol. The number of hydrogen-bond donors (Lipinski definition) is 1. The summed E-state index contributed by atoms with van der Waals surface area (Å²) in [7, 11) is 0. The van der Waals surface area contributed by atoms with Crippen molar-refractivity contribution in [3.63, 3.8) is 0 Å². The fourth-order valence-corrected chi connectivity index (χ4v) is 1.65. The molecule has 1 atom stereocenters. The van der Waals surface area contributed by atoms with Gasteiger partial charge in [0, 0.05) is 19.4 Å². The van der Waals surface area contributed by atoms with E-state index in [1.54, 1.807) is 0 Å². The van der Waals surface area contributed by atoms with Crippen LogP contribution in [0, 0.1) is 6.42 Å². The smallest absolute Gasteiger partial charge is 0.0890 e. The van der Waals surface area contributed by atoms with Crippen LogP contribution < -0.4 is 0 Å². The summed E-state index contributed by atoms with van der Waals surface area (Å²) in [6.07, 6.45) is 4.63. The first-order chi connectivity index (χ1) is 8.52. The van der Waals surface area contributed by atoms with Crippen molar-refractivity contribution in [1.29, 1.82) is 0 Å². The molecule has 0 bridgehead atoms. The average molecular weight is 247 g/mol. The summed E-state index contributed by atoms with van der Waals surface area (Å²) in [6, 6.07) is 9.70. The minimum Gasteiger partial charge on any atom is -0.385 e. The molecule has 1 N–H and O–H groups in total. The second kappa shape index (κ2) is 7.34. The van der Waals surface area contributed by atoms with Crippen molar-refractivity contribution in [3.8, 4) is 0 Å². The molecule has 0 aromatic heterocycles. The average Bonchev–Trinajstić information content (AvgIpc) is 2.34. The molecule has 0 aliphatic rings. The lowest BCUT2D eigenvalue weighted by Gasteiger charge is -2.23. The van der Waals surface area contributed by atoms with Crippen LogP contribution in [-0.2, 0) is 10.3 Å². The van der Waals surface area contributed by atoms with Gasteiger partial charge in [-0.2, -0.15) is 0 Å². The van der Waals surface area contributed by atoms with Gasteiger partial charge >= 0.3 is 0 Å². The van der Waals surface area contributed by atoms with Crippen LogP contribution in [0.15, 0.2) is 42.0 Å². The molecule has 0 saturated heterocycles. The van der Waals surface area contributed by atoms with Crippen LogP contribution in [0.4, 0.5) is 0 Å². The molecular formula is C16H23O2. The Morgan fingerprint density at radius 1 is 1.28 bits per heavy atom. The molecular weight excluding hydrogens is 224 g/mol. The Morgan fingerprint density at radius 2 is 1.94 bits per heavy atom. The lowest BCUT2D eigenvalue weighted by Crippen LogP contribution is -2.23. The minimum atomic E-state index is -0.822. The third kappa shape index (κ3) is 5.48. The van der Waals surface area contributed by atoms with Crippen molar-refractivity contribution < 1.29 is 9.84 Å². The third-order valence-electron chi connectivity index (χ3n) is 2.79. The largest absolute Gasteiger partial charge is 0.385 e. The van der Waals surface area contributed by atoms with Crippen molar-refractivity contribution >= 4 is 0 Å². The van der Waals surface area contributed by atoms with E-state index in [4.69, 9.17) is 4.74 Å². The molecule has 0 heterocycles. The number of benzene rings is 1. The Labute approximate surface area is 110 Å². The normalized spacial score (nSPS) is 14.0. The molecule has 1 rings (SSSR count). The summed E-state index contributed by atoms with van der Waals surface area (Å²) in [5, 5.41) is 10.3. The van der Waals surface area contributed by atoms with Gasteiger partial charge in [0.25, 0.3) is 0 Å². The fourth-order valence-electron chi connectivity index (χ4n) is 1.65. The van der Waals surface area contributed by atoms with Crippen molar-refractivity contribution in [1.82, 2.24) is 0 Å². The molecule has 0 fully saturated rings. The highest BCUT2D eigenvalue weighted by molar-refractivity contribution is 5.21. The van der Waals surface area contributed by atoms with Gasteiger partial charge in [-0.3, -0.25) is 0 Å². The molecule has 18 heavy (non-hydrogen) atoms. The van der Waals surface area contributed by atoms with Crippen LogP contribution >= 0.6 is 0 Å². The van der Waals surface area contributed by atoms with E-state index < -0.39 is 5.60 Å². The van der Waals surface area contributed by atoms with Gasteiger partial charge in [-0.25, -0.2) is 0 Å². The maximum absolute atomic E-state index is 10.3. The van der Waals surface area contributed by atoms with E-state index >= 15 is 0 Å². The Kier molecular flexibility index (Phi) is 6.10. The maximum Gasteiger partial charge on any atom is 0.0890 e. The fraction of sp³-hybridized carbons (Fsp3) is 0.438. The third-order valence-corrected chi connectivity index (χ3v) is 2.79. The quantitative estimate of drug-likeness (QED) is 0.748. The van der Waals surface area contributed by atoms with Crippen LogP contribution in [0.2, 0.25) is 0 Å². The van der Waals surface area contributed by atoms with Gasteiger partial charge in [0.05, 0.1) is 12.2 Å². The lowest BCUT2D eigenvalue weighted by atomic mass is 9.93. The molecule has 1 aromatic carbocycles. The first-order valence-corrected chi connectivity index (χ1v) is 6.35. The highest BCUT2D eigenvalue weighted by atomic mass is 16.5. The number of rotatable bonds is 7. The number of allylic oxidation sites excluding steroid dienone is 1. The molecule has 2 heteroatoms. The Balaban J connectivity index is 2.28. The van der Waals surface area contributed by atoms with Crippen LogP contribution in [0.3, 0.4) is 0 Å². The zero-order valence-corrected chi connectivity index (χ0v) is 11.5. The SMILES string of the molecule is CC(C)=C[CH]COCCC(C)(O)c1ccccc1. The van der Waals surface area contributed by atoms with Crippen LogP contribution in [0.5, 0.6) is 0 Å². The van der Waals surface area contributed by atoms with Crippen molar-refractivity contribution in [3.05, 3.63) is 54.0 Å². The van der Waals surface area contributed by atoms with Crippen LogP contribution in [0.25, 0.3) is 0 Å². The standard InChI is InChI=1S/C16H23O2/c1-14(2)8-7-12-18-13-11-16(3,17)15-9-5-4-6-10-15/h4-10,17H,11-13H2,1-3H3. The van der Waals surface area contributed by atoms with E-state index in [0.29, 0.717) is 19.6 Å². The first kappa shape index (κ1) is 14.9. The Hall–Kier alpha value is -1.12. The second-order valence-electron chi connectivity index (χ2n) is 4.94. The van der Waals surface area contributed by atoms with Gasteiger partial charge < -0.3 is 9.84 Å². The summed E-state index contributed by atoms with van der Waals surface area (Å²) in [5.74, 6) is 0. The molecule has 1 radical (unpaired) electrons. The zero-order valence-electron chi connectivity index (χ0n) is 11.5. The summed E-state index contributed by atoms with van der Waals surface area (Å²) < 4.78 is 5.48. The predicted octanol–water partition coefficient (Wildman–Crippen LogP) is 3.47. The van der Waals surface area contributed by atoms with E-state index in [9.17, 15) is 5.11 Å². The van der Waals surface area contributed by atoms with Crippen LogP contribution in [-0.4, -0.2) is 18.3 Å². The van der Waals surface area contributed by atoms with E-state index in [1.807, 2.05) is 49.8 Å². The van der Waals surface area contributed by atoms with E-state index in [1.165, 1.54) is 5.57 Å². The van der Waals surface area contributed by atoms with Crippen molar-refractivity contribution in [2.75, 3.05) is 13.2 Å². The molecule has 0 aliphatic carbocycles. The molecule has 0 amide bonds. The highest BCUT2D eigenvalue weighted by Crippen LogP contribution is 2.23. The molecule has 0 saturated carbocycles. The summed E-state index contributed by atoms with van der Waals surface area (Å²) in [5.41, 5.74) is 1.37. The number of ether oxygens (including phenoxy) is 1. The van der Waals surface area contributed by atoms with E-state index in [2.05, 4.69) is 13.8 Å². The van der Waals surface area contributed by atoms with Crippen molar-refractivity contribution in [2.24, 2.45) is 0 Å². The lowest BCUT2D eigenvalue weighted by molar-refractivity contribution is 0.0147. The topological polar surface area (TPSA) is 29.5 Å². The van der Waals surface area contributed by atoms with Gasteiger partial charge in [0.1, 0.15) is 0 Å². The highest BCUT2D eigenvalue weighted by Gasteiger charge is 2.21. The molecule has 0 spiro atoms. The minimum absolute atomic E-state index is 0.551. The van der Waals surface area contributed by atoms with Crippen molar-refractivity contribution in [2.45, 2.75) is 32.8 Å². The van der Waals surface area contributed by atoms with Gasteiger partial charge in [-0.05, 0) is 26.3 Å². The Bertz CT molecular complexity index is 362. The molecule has 0 aliphatic heterocycles. The molecule has 1 aromatic rings. The van der Waals surface area contributed by atoms with E-state index in [-0.39, 0.29) is 0 Å². The number of aliphatic hydroxyl groups is 1. The summed E-state index contributed by atoms with van der Waals surface area (Å²) in [6.45, 7) is 7.07. The molecule has 2 nitrogen and oxygen atoms in total. The maximum atomic E-state index is 10.3. The molecule has 99 valence electrons. The van der Waals surface area contributed by atoms with Gasteiger partial charge in [-0.1, -0.05) is 42.0 Å². The molecule has 1 unspecified atom stereocenters. The van der Waals surface area contributed by atoms with Gasteiger partial charge in [-0.15, -0.1) is 0 Å². The Morgan fingerprint density at radius 3 is 2.56 bits per heavy atom. The predicted molar refractivity (Wildman–Crippen MR) is 75.2 cm³/mol. The second-order valence-corrected chi connectivity index (χ2v) is 4.94. The van der Waals surface area contributed by atoms with Gasteiger partial charge in [0.2, 0.25) is 0 Å².